The highest BCUT2D eigenvalue weighted by atomic mass is 79.9. The molecule has 0 spiro atoms. The molecule has 0 aliphatic carbocycles. The van der Waals surface area contributed by atoms with E-state index in [1.54, 1.807) is 20.3 Å². The summed E-state index contributed by atoms with van der Waals surface area (Å²) in [5, 5.41) is 8.58. The van der Waals surface area contributed by atoms with Crippen molar-refractivity contribution in [2.75, 3.05) is 33.6 Å². The smallest absolute Gasteiger partial charge is 0.146 e. The SMILES string of the molecule is C.CCN(C(C)C)C(C)C.COCCl.COCOCc1cccc(Br)n1.OCc1cccc(Br)n1. The zero-order chi connectivity index (χ0) is 26.4. The van der Waals surface area contributed by atoms with Gasteiger partial charge in [-0.05, 0) is 90.4 Å². The Kier molecular flexibility index (Phi) is 29.3. The molecule has 0 radical (unpaired) electrons. The van der Waals surface area contributed by atoms with Crippen LogP contribution in [0.5, 0.6) is 0 Å². The van der Waals surface area contributed by atoms with Crippen LogP contribution in [0.4, 0.5) is 0 Å². The average Bonchev–Trinajstić information content (AvgIpc) is 2.80. The Morgan fingerprint density at radius 1 is 0.914 bits per heavy atom. The predicted molar refractivity (Wildman–Crippen MR) is 154 cm³/mol. The summed E-state index contributed by atoms with van der Waals surface area (Å²) >= 11 is 11.4. The first-order valence-corrected chi connectivity index (χ1v) is 13.0. The van der Waals surface area contributed by atoms with Gasteiger partial charge in [-0.3, -0.25) is 4.90 Å². The molecule has 1 N–H and O–H groups in total. The van der Waals surface area contributed by atoms with Gasteiger partial charge in [0.05, 0.1) is 24.6 Å². The largest absolute Gasteiger partial charge is 0.390 e. The molecule has 204 valence electrons. The second kappa shape index (κ2) is 26.4. The lowest BCUT2D eigenvalue weighted by molar-refractivity contribution is -0.0401. The number of ether oxygens (including phenoxy) is 3. The molecular formula is C25H44Br2ClN3O4. The summed E-state index contributed by atoms with van der Waals surface area (Å²) in [7, 11) is 3.14. The minimum Gasteiger partial charge on any atom is -0.390 e. The van der Waals surface area contributed by atoms with Crippen molar-refractivity contribution < 1.29 is 19.3 Å². The summed E-state index contributed by atoms with van der Waals surface area (Å²) in [5.74, 6) is 0. The standard InChI is InChI=1S/C8H10BrNO2.C8H19N.C6H6BrNO.C2H5ClO.CH4/c1-11-6-12-5-7-3-2-4-8(9)10-7;1-6-9(7(2)3)8(4)5;7-6-3-1-2-5(4-9)8-6;1-4-2-3;/h2-4H,5-6H2,1H3;7-8H,6H2,1-5H3;1-3,9H,4H2;2H2,1H3;1H4. The van der Waals surface area contributed by atoms with E-state index in [1.165, 1.54) is 0 Å². The molecule has 0 aliphatic heterocycles. The van der Waals surface area contributed by atoms with Gasteiger partial charge >= 0.3 is 0 Å². The maximum atomic E-state index is 8.58. The van der Waals surface area contributed by atoms with Crippen LogP contribution in [0, 0.1) is 0 Å². The Labute approximate surface area is 234 Å². The van der Waals surface area contributed by atoms with Gasteiger partial charge in [0.1, 0.15) is 22.1 Å². The van der Waals surface area contributed by atoms with Crippen LogP contribution in [0.1, 0.15) is 53.4 Å². The number of hydrogen-bond donors (Lipinski definition) is 1. The van der Waals surface area contributed by atoms with Crippen molar-refractivity contribution in [2.45, 2.75) is 67.3 Å². The van der Waals surface area contributed by atoms with Crippen LogP contribution in [-0.2, 0) is 27.4 Å². The topological polar surface area (TPSA) is 76.9 Å². The second-order valence-corrected chi connectivity index (χ2v) is 9.08. The number of halogens is 3. The van der Waals surface area contributed by atoms with E-state index in [4.69, 9.17) is 26.2 Å². The number of aromatic nitrogens is 2. The van der Waals surface area contributed by atoms with Crippen molar-refractivity contribution in [1.82, 2.24) is 14.9 Å². The van der Waals surface area contributed by atoms with Crippen LogP contribution in [0.2, 0.25) is 0 Å². The lowest BCUT2D eigenvalue weighted by Crippen LogP contribution is -2.36. The molecule has 0 fully saturated rings. The van der Waals surface area contributed by atoms with Crippen LogP contribution >= 0.6 is 43.5 Å². The van der Waals surface area contributed by atoms with Crippen LogP contribution in [0.25, 0.3) is 0 Å². The minimum absolute atomic E-state index is 0. The predicted octanol–water partition coefficient (Wildman–Crippen LogP) is 6.89. The number of nitrogens with zero attached hydrogens (tertiary/aromatic N) is 3. The van der Waals surface area contributed by atoms with E-state index >= 15 is 0 Å². The normalized spacial score (nSPS) is 9.89. The Hall–Kier alpha value is -0.650. The maximum Gasteiger partial charge on any atom is 0.146 e. The van der Waals surface area contributed by atoms with E-state index in [-0.39, 0.29) is 14.0 Å². The first kappa shape index (κ1) is 38.9. The first-order valence-electron chi connectivity index (χ1n) is 10.9. The average molecular weight is 646 g/mol. The van der Waals surface area contributed by atoms with Gasteiger partial charge < -0.3 is 19.3 Å². The molecule has 0 atom stereocenters. The van der Waals surface area contributed by atoms with Crippen LogP contribution in [-0.4, -0.2) is 65.7 Å². The van der Waals surface area contributed by atoms with Crippen molar-refractivity contribution in [1.29, 1.82) is 0 Å². The summed E-state index contributed by atoms with van der Waals surface area (Å²) in [6.45, 7) is 13.1. The Morgan fingerprint density at radius 3 is 1.66 bits per heavy atom. The fourth-order valence-electron chi connectivity index (χ4n) is 2.63. The molecule has 0 amide bonds. The molecule has 0 aromatic carbocycles. The van der Waals surface area contributed by atoms with Crippen molar-refractivity contribution >= 4 is 43.5 Å². The molecule has 0 bridgehead atoms. The van der Waals surface area contributed by atoms with E-state index in [9.17, 15) is 0 Å². The molecule has 35 heavy (non-hydrogen) atoms. The number of hydrogen-bond acceptors (Lipinski definition) is 7. The number of pyridine rings is 2. The number of methoxy groups -OCH3 is 2. The van der Waals surface area contributed by atoms with Gasteiger partial charge in [0.25, 0.3) is 0 Å². The fraction of sp³-hybridized carbons (Fsp3) is 0.600. The molecule has 0 unspecified atom stereocenters. The van der Waals surface area contributed by atoms with Gasteiger partial charge in [-0.15, -0.1) is 0 Å². The Bertz CT molecular complexity index is 719. The zero-order valence-electron chi connectivity index (χ0n) is 21.3. The fourth-order valence-corrected chi connectivity index (χ4v) is 3.39. The van der Waals surface area contributed by atoms with Crippen molar-refractivity contribution in [3.05, 3.63) is 57.0 Å². The molecular weight excluding hydrogens is 602 g/mol. The molecule has 2 aromatic rings. The third-order valence-electron chi connectivity index (χ3n) is 3.96. The Morgan fingerprint density at radius 2 is 1.37 bits per heavy atom. The molecule has 0 saturated heterocycles. The van der Waals surface area contributed by atoms with E-state index in [1.807, 2.05) is 30.3 Å². The van der Waals surface area contributed by atoms with Gasteiger partial charge in [-0.2, -0.15) is 0 Å². The molecule has 2 rings (SSSR count). The third kappa shape index (κ3) is 23.5. The number of aliphatic hydroxyl groups is 1. The Balaban J connectivity index is -0.000000407. The van der Waals surface area contributed by atoms with E-state index < -0.39 is 0 Å². The van der Waals surface area contributed by atoms with E-state index in [2.05, 4.69) is 86.1 Å². The summed E-state index contributed by atoms with van der Waals surface area (Å²) in [5.41, 5.74) is 1.57. The number of rotatable bonds is 9. The minimum atomic E-state index is -0.000556. The first-order chi connectivity index (χ1) is 16.2. The van der Waals surface area contributed by atoms with E-state index in [0.29, 0.717) is 37.2 Å². The summed E-state index contributed by atoms with van der Waals surface area (Å²) in [6.07, 6.45) is 0. The zero-order valence-corrected chi connectivity index (χ0v) is 25.2. The van der Waals surface area contributed by atoms with E-state index in [0.717, 1.165) is 21.4 Å². The molecule has 10 heteroatoms. The molecule has 0 saturated carbocycles. The van der Waals surface area contributed by atoms with Crippen molar-refractivity contribution in [2.24, 2.45) is 0 Å². The monoisotopic (exact) mass is 643 g/mol. The van der Waals surface area contributed by atoms with Crippen LogP contribution in [0.3, 0.4) is 0 Å². The highest BCUT2D eigenvalue weighted by molar-refractivity contribution is 9.10. The van der Waals surface area contributed by atoms with Gasteiger partial charge in [-0.1, -0.05) is 38.1 Å². The van der Waals surface area contributed by atoms with Gasteiger partial charge in [0, 0.05) is 26.3 Å². The van der Waals surface area contributed by atoms with Gasteiger partial charge in [0.2, 0.25) is 0 Å². The summed E-state index contributed by atoms with van der Waals surface area (Å²) in [4.78, 5) is 10.6. The van der Waals surface area contributed by atoms with Gasteiger partial charge in [0.15, 0.2) is 0 Å². The van der Waals surface area contributed by atoms with Crippen molar-refractivity contribution in [3.8, 4) is 0 Å². The van der Waals surface area contributed by atoms with Crippen molar-refractivity contribution in [3.63, 3.8) is 0 Å². The number of alkyl halides is 1. The quantitative estimate of drug-likeness (QED) is 0.138. The van der Waals surface area contributed by atoms with Gasteiger partial charge in [-0.25, -0.2) is 9.97 Å². The number of aliphatic hydroxyl groups excluding tert-OH is 1. The third-order valence-corrected chi connectivity index (χ3v) is 5.06. The summed E-state index contributed by atoms with van der Waals surface area (Å²) < 4.78 is 15.7. The summed E-state index contributed by atoms with van der Waals surface area (Å²) in [6, 6.07) is 12.8. The maximum absolute atomic E-state index is 8.58. The molecule has 0 aliphatic rings. The molecule has 7 nitrogen and oxygen atoms in total. The van der Waals surface area contributed by atoms with Crippen LogP contribution in [0.15, 0.2) is 45.6 Å². The highest BCUT2D eigenvalue weighted by Crippen LogP contribution is 2.07. The highest BCUT2D eigenvalue weighted by Gasteiger charge is 2.09. The lowest BCUT2D eigenvalue weighted by Gasteiger charge is -2.28. The molecule has 2 aromatic heterocycles. The lowest BCUT2D eigenvalue weighted by atomic mass is 10.2. The molecule has 2 heterocycles. The second-order valence-electron chi connectivity index (χ2n) is 7.23. The van der Waals surface area contributed by atoms with Crippen LogP contribution < -0.4 is 0 Å².